The number of amides is 1. The summed E-state index contributed by atoms with van der Waals surface area (Å²) in [6.45, 7) is 0.497. The van der Waals surface area contributed by atoms with Gasteiger partial charge in [0.25, 0.3) is 5.91 Å². The van der Waals surface area contributed by atoms with E-state index in [9.17, 15) is 9.18 Å². The number of methoxy groups -OCH3 is 1. The van der Waals surface area contributed by atoms with Crippen LogP contribution in [0.15, 0.2) is 48.5 Å². The molecule has 0 saturated heterocycles. The normalized spacial score (nSPS) is 13.0. The number of fused-ring (bicyclic) bond motifs is 1. The van der Waals surface area contributed by atoms with Gasteiger partial charge in [0.2, 0.25) is 0 Å². The summed E-state index contributed by atoms with van der Waals surface area (Å²) in [5, 5.41) is 7.60. The second-order valence-electron chi connectivity index (χ2n) is 7.19. The maximum absolute atomic E-state index is 13.3. The molecule has 0 unspecified atom stereocenters. The van der Waals surface area contributed by atoms with E-state index in [1.165, 1.54) is 12.1 Å². The Balaban J connectivity index is 1.53. The summed E-state index contributed by atoms with van der Waals surface area (Å²) in [5.41, 5.74) is 4.36. The largest absolute Gasteiger partial charge is 0.496 e. The second kappa shape index (κ2) is 8.47. The first kappa shape index (κ1) is 19.2. The van der Waals surface area contributed by atoms with Crippen molar-refractivity contribution in [2.75, 3.05) is 13.7 Å². The van der Waals surface area contributed by atoms with Crippen LogP contribution in [-0.4, -0.2) is 29.3 Å². The topological polar surface area (TPSA) is 56.1 Å². The maximum atomic E-state index is 13.3. The minimum absolute atomic E-state index is 0.168. The van der Waals surface area contributed by atoms with Crippen molar-refractivity contribution in [1.29, 1.82) is 0 Å². The summed E-state index contributed by atoms with van der Waals surface area (Å²) in [5.74, 6) is 0.364. The summed E-state index contributed by atoms with van der Waals surface area (Å²) in [6.07, 6.45) is 4.50. The number of carbonyl (C=O) groups excluding carboxylic acids is 1. The Labute approximate surface area is 169 Å². The molecule has 1 aromatic heterocycles. The average Bonchev–Trinajstić information content (AvgIpc) is 3.14. The third-order valence-corrected chi connectivity index (χ3v) is 5.34. The van der Waals surface area contributed by atoms with E-state index in [2.05, 4.69) is 10.4 Å². The van der Waals surface area contributed by atoms with Gasteiger partial charge in [-0.25, -0.2) is 9.07 Å². The smallest absolute Gasteiger partial charge is 0.272 e. The Morgan fingerprint density at radius 3 is 2.69 bits per heavy atom. The number of hydrogen-bond acceptors (Lipinski definition) is 3. The third kappa shape index (κ3) is 4.01. The molecule has 1 heterocycles. The van der Waals surface area contributed by atoms with E-state index in [4.69, 9.17) is 4.74 Å². The van der Waals surface area contributed by atoms with Crippen LogP contribution < -0.4 is 10.1 Å². The maximum Gasteiger partial charge on any atom is 0.272 e. The summed E-state index contributed by atoms with van der Waals surface area (Å²) < 4.78 is 20.5. The number of aromatic nitrogens is 2. The molecule has 5 nitrogen and oxygen atoms in total. The molecule has 1 amide bonds. The molecule has 6 heteroatoms. The van der Waals surface area contributed by atoms with Crippen LogP contribution in [0.5, 0.6) is 5.75 Å². The van der Waals surface area contributed by atoms with E-state index in [1.54, 1.807) is 23.9 Å². The lowest BCUT2D eigenvalue weighted by atomic mass is 9.95. The van der Waals surface area contributed by atoms with Gasteiger partial charge in [-0.15, -0.1) is 0 Å². The highest BCUT2D eigenvalue weighted by atomic mass is 19.1. The van der Waals surface area contributed by atoms with Gasteiger partial charge in [0, 0.05) is 17.8 Å². The number of nitrogens with zero attached hydrogens (tertiary/aromatic N) is 2. The zero-order chi connectivity index (χ0) is 20.2. The molecular formula is C23H24FN3O2. The van der Waals surface area contributed by atoms with Gasteiger partial charge in [-0.2, -0.15) is 5.10 Å². The number of benzene rings is 2. The first-order valence-corrected chi connectivity index (χ1v) is 9.94. The SMILES string of the molecule is COc1ccccc1CCNC(=O)c1nn(-c2ccc(F)cc2)c2c1CCCC2. The zero-order valence-electron chi connectivity index (χ0n) is 16.5. The van der Waals surface area contributed by atoms with E-state index < -0.39 is 0 Å². The second-order valence-corrected chi connectivity index (χ2v) is 7.19. The van der Waals surface area contributed by atoms with E-state index in [-0.39, 0.29) is 11.7 Å². The fourth-order valence-corrected chi connectivity index (χ4v) is 3.88. The molecule has 0 saturated carbocycles. The lowest BCUT2D eigenvalue weighted by molar-refractivity contribution is 0.0947. The molecule has 4 rings (SSSR count). The summed E-state index contributed by atoms with van der Waals surface area (Å²) in [4.78, 5) is 12.9. The van der Waals surface area contributed by atoms with Crippen molar-refractivity contribution in [2.24, 2.45) is 0 Å². The molecule has 0 aliphatic heterocycles. The number of nitrogens with one attached hydrogen (secondary N) is 1. The van der Waals surface area contributed by atoms with Gasteiger partial charge in [0.15, 0.2) is 5.69 Å². The molecule has 150 valence electrons. The minimum atomic E-state index is -0.288. The molecule has 0 spiro atoms. The van der Waals surface area contributed by atoms with Gasteiger partial charge in [0.1, 0.15) is 11.6 Å². The van der Waals surface area contributed by atoms with Gasteiger partial charge >= 0.3 is 0 Å². The van der Waals surface area contributed by atoms with E-state index >= 15 is 0 Å². The van der Waals surface area contributed by atoms with Gasteiger partial charge < -0.3 is 10.1 Å². The van der Waals surface area contributed by atoms with Crippen molar-refractivity contribution in [2.45, 2.75) is 32.1 Å². The molecule has 1 aliphatic carbocycles. The van der Waals surface area contributed by atoms with Crippen LogP contribution in [0.1, 0.15) is 40.2 Å². The van der Waals surface area contributed by atoms with Crippen LogP contribution in [0.25, 0.3) is 5.69 Å². The quantitative estimate of drug-likeness (QED) is 0.692. The number of carbonyl (C=O) groups is 1. The number of para-hydroxylation sites is 1. The Morgan fingerprint density at radius 2 is 1.90 bits per heavy atom. The lowest BCUT2D eigenvalue weighted by Gasteiger charge is -2.14. The Morgan fingerprint density at radius 1 is 1.14 bits per heavy atom. The fraction of sp³-hybridized carbons (Fsp3) is 0.304. The molecule has 1 aliphatic rings. The number of ether oxygens (including phenoxy) is 1. The Hall–Kier alpha value is -3.15. The van der Waals surface area contributed by atoms with Crippen LogP contribution in [0, 0.1) is 5.82 Å². The Bertz CT molecular complexity index is 1010. The molecular weight excluding hydrogens is 369 g/mol. The molecule has 0 atom stereocenters. The van der Waals surface area contributed by atoms with Crippen molar-refractivity contribution in [3.8, 4) is 11.4 Å². The molecule has 0 fully saturated rings. The van der Waals surface area contributed by atoms with Crippen molar-refractivity contribution in [3.05, 3.63) is 76.9 Å². The molecule has 1 N–H and O–H groups in total. The van der Waals surface area contributed by atoms with Crippen LogP contribution in [0.3, 0.4) is 0 Å². The molecule has 0 bridgehead atoms. The standard InChI is InChI=1S/C23H24FN3O2/c1-29-21-9-5-2-6-16(21)14-15-25-23(28)22-19-7-3-4-8-20(19)27(26-22)18-12-10-17(24)11-13-18/h2,5-6,9-13H,3-4,7-8,14-15H2,1H3,(H,25,28). The molecule has 2 aromatic carbocycles. The predicted octanol–water partition coefficient (Wildman–Crippen LogP) is 3.87. The van der Waals surface area contributed by atoms with Crippen LogP contribution >= 0.6 is 0 Å². The first-order valence-electron chi connectivity index (χ1n) is 9.94. The van der Waals surface area contributed by atoms with Gasteiger partial charge in [-0.3, -0.25) is 4.79 Å². The van der Waals surface area contributed by atoms with Crippen molar-refractivity contribution in [3.63, 3.8) is 0 Å². The van der Waals surface area contributed by atoms with Gasteiger partial charge in [-0.05, 0) is 68.0 Å². The first-order chi connectivity index (χ1) is 14.2. The van der Waals surface area contributed by atoms with Crippen molar-refractivity contribution >= 4 is 5.91 Å². The van der Waals surface area contributed by atoms with Gasteiger partial charge in [-0.1, -0.05) is 18.2 Å². The van der Waals surface area contributed by atoms with Crippen LogP contribution in [-0.2, 0) is 19.3 Å². The molecule has 0 radical (unpaired) electrons. The highest BCUT2D eigenvalue weighted by Crippen LogP contribution is 2.27. The predicted molar refractivity (Wildman–Crippen MR) is 109 cm³/mol. The average molecular weight is 393 g/mol. The van der Waals surface area contributed by atoms with Crippen LogP contribution in [0.2, 0.25) is 0 Å². The van der Waals surface area contributed by atoms with E-state index in [0.717, 1.165) is 53.9 Å². The fourth-order valence-electron chi connectivity index (χ4n) is 3.88. The number of rotatable bonds is 6. The van der Waals surface area contributed by atoms with Gasteiger partial charge in [0.05, 0.1) is 12.8 Å². The number of halogens is 1. The highest BCUT2D eigenvalue weighted by Gasteiger charge is 2.25. The summed E-state index contributed by atoms with van der Waals surface area (Å²) in [6, 6.07) is 14.0. The van der Waals surface area contributed by atoms with E-state index in [0.29, 0.717) is 18.7 Å². The third-order valence-electron chi connectivity index (χ3n) is 5.34. The Kier molecular flexibility index (Phi) is 5.60. The van der Waals surface area contributed by atoms with Crippen LogP contribution in [0.4, 0.5) is 4.39 Å². The highest BCUT2D eigenvalue weighted by molar-refractivity contribution is 5.94. The minimum Gasteiger partial charge on any atom is -0.496 e. The number of hydrogen-bond donors (Lipinski definition) is 1. The van der Waals surface area contributed by atoms with E-state index in [1.807, 2.05) is 24.3 Å². The summed E-state index contributed by atoms with van der Waals surface area (Å²) in [7, 11) is 1.64. The van der Waals surface area contributed by atoms with Crippen molar-refractivity contribution < 1.29 is 13.9 Å². The molecule has 29 heavy (non-hydrogen) atoms. The molecule has 3 aromatic rings. The lowest BCUT2D eigenvalue weighted by Crippen LogP contribution is -2.27. The summed E-state index contributed by atoms with van der Waals surface area (Å²) >= 11 is 0. The van der Waals surface area contributed by atoms with Crippen molar-refractivity contribution in [1.82, 2.24) is 15.1 Å². The zero-order valence-corrected chi connectivity index (χ0v) is 16.5. The monoisotopic (exact) mass is 393 g/mol.